The van der Waals surface area contributed by atoms with Crippen LogP contribution in [0.2, 0.25) is 0 Å². The second-order valence-corrected chi connectivity index (χ2v) is 10.8. The van der Waals surface area contributed by atoms with Crippen LogP contribution in [0.4, 0.5) is 4.79 Å². The van der Waals surface area contributed by atoms with Gasteiger partial charge in [-0.15, -0.1) is 0 Å². The summed E-state index contributed by atoms with van der Waals surface area (Å²) in [5.41, 5.74) is 4.29. The summed E-state index contributed by atoms with van der Waals surface area (Å²) in [5, 5.41) is 12.4. The fourth-order valence-electron chi connectivity index (χ4n) is 6.84. The average molecular weight is 475 g/mol. The maximum atomic E-state index is 13.3. The maximum absolute atomic E-state index is 13.3. The number of hydrogen-bond donors (Lipinski definition) is 2. The number of nitrogens with zero attached hydrogens (tertiary/aromatic N) is 1. The van der Waals surface area contributed by atoms with Crippen molar-refractivity contribution in [2.24, 2.45) is 23.2 Å². The minimum Gasteiger partial charge on any atom is -0.481 e. The molecule has 7 nitrogen and oxygen atoms in total. The van der Waals surface area contributed by atoms with Gasteiger partial charge >= 0.3 is 12.1 Å². The Balaban J connectivity index is 1.06. The minimum atomic E-state index is -0.834. The first-order valence-electron chi connectivity index (χ1n) is 12.5. The smallest absolute Gasteiger partial charge is 0.407 e. The number of alkyl carbamates (subject to hydrolysis) is 1. The van der Waals surface area contributed by atoms with E-state index in [-0.39, 0.29) is 42.9 Å². The molecule has 0 aromatic heterocycles. The Kier molecular flexibility index (Phi) is 5.13. The molecule has 7 heteroatoms. The number of ether oxygens (including phenoxy) is 1. The summed E-state index contributed by atoms with van der Waals surface area (Å²) in [5.74, 6) is -1.04. The average Bonchev–Trinajstić information content (AvgIpc) is 3.12. The Morgan fingerprint density at radius 1 is 1.03 bits per heavy atom. The van der Waals surface area contributed by atoms with Gasteiger partial charge in [0.1, 0.15) is 6.61 Å². The zero-order chi connectivity index (χ0) is 24.3. The topological polar surface area (TPSA) is 95.9 Å². The van der Waals surface area contributed by atoms with Crippen LogP contribution in [0.15, 0.2) is 48.5 Å². The molecule has 6 rings (SSSR count). The van der Waals surface area contributed by atoms with Crippen LogP contribution in [-0.4, -0.2) is 53.7 Å². The molecule has 182 valence electrons. The summed E-state index contributed by atoms with van der Waals surface area (Å²) in [7, 11) is 0. The van der Waals surface area contributed by atoms with Crippen molar-refractivity contribution in [3.63, 3.8) is 0 Å². The van der Waals surface area contributed by atoms with Crippen LogP contribution in [-0.2, 0) is 14.3 Å². The number of benzene rings is 2. The van der Waals surface area contributed by atoms with Gasteiger partial charge in [0.05, 0.1) is 11.3 Å². The Hall–Kier alpha value is -3.35. The molecule has 0 bridgehead atoms. The van der Waals surface area contributed by atoms with E-state index in [0.29, 0.717) is 13.0 Å². The van der Waals surface area contributed by atoms with Gasteiger partial charge in [0.15, 0.2) is 0 Å². The zero-order valence-corrected chi connectivity index (χ0v) is 19.8. The maximum Gasteiger partial charge on any atom is 0.407 e. The number of carbonyl (C=O) groups excluding carboxylic acids is 2. The highest BCUT2D eigenvalue weighted by Gasteiger charge is 2.66. The number of fused-ring (bicyclic) bond motifs is 4. The van der Waals surface area contributed by atoms with Gasteiger partial charge in [-0.3, -0.25) is 9.59 Å². The first-order valence-corrected chi connectivity index (χ1v) is 12.5. The molecule has 2 aromatic carbocycles. The second kappa shape index (κ2) is 8.11. The predicted molar refractivity (Wildman–Crippen MR) is 129 cm³/mol. The summed E-state index contributed by atoms with van der Waals surface area (Å²) >= 11 is 0. The third-order valence-corrected chi connectivity index (χ3v) is 8.72. The molecule has 0 radical (unpaired) electrons. The predicted octanol–water partition coefficient (Wildman–Crippen LogP) is 3.87. The fraction of sp³-hybridized carbons (Fsp3) is 0.464. The van der Waals surface area contributed by atoms with Gasteiger partial charge < -0.3 is 20.1 Å². The number of hydrogen-bond acceptors (Lipinski definition) is 4. The molecule has 35 heavy (non-hydrogen) atoms. The van der Waals surface area contributed by atoms with E-state index in [1.807, 2.05) is 31.2 Å². The van der Waals surface area contributed by atoms with Crippen LogP contribution in [0.5, 0.6) is 0 Å². The largest absolute Gasteiger partial charge is 0.481 e. The number of carbonyl (C=O) groups is 3. The van der Waals surface area contributed by atoms with Gasteiger partial charge in [-0.25, -0.2) is 4.79 Å². The first-order chi connectivity index (χ1) is 16.9. The third kappa shape index (κ3) is 3.60. The number of aliphatic carboxylic acids is 1. The molecule has 3 aliphatic carbocycles. The molecule has 1 saturated heterocycles. The van der Waals surface area contributed by atoms with Crippen LogP contribution >= 0.6 is 0 Å². The van der Waals surface area contributed by atoms with Gasteiger partial charge in [-0.2, -0.15) is 0 Å². The fourth-order valence-corrected chi connectivity index (χ4v) is 6.84. The van der Waals surface area contributed by atoms with Crippen molar-refractivity contribution in [3.05, 3.63) is 59.7 Å². The van der Waals surface area contributed by atoms with E-state index in [4.69, 9.17) is 4.74 Å². The molecule has 2 aromatic rings. The van der Waals surface area contributed by atoms with Gasteiger partial charge in [0, 0.05) is 25.0 Å². The lowest BCUT2D eigenvalue weighted by Crippen LogP contribution is -2.39. The Bertz CT molecular complexity index is 1170. The molecule has 2 N–H and O–H groups in total. The Labute approximate surface area is 204 Å². The molecule has 3 fully saturated rings. The summed E-state index contributed by atoms with van der Waals surface area (Å²) < 4.78 is 5.69. The highest BCUT2D eigenvalue weighted by molar-refractivity contribution is 5.88. The van der Waals surface area contributed by atoms with E-state index in [1.54, 1.807) is 4.90 Å². The van der Waals surface area contributed by atoms with Crippen LogP contribution in [0.3, 0.4) is 0 Å². The van der Waals surface area contributed by atoms with Crippen molar-refractivity contribution in [1.82, 2.24) is 10.2 Å². The monoisotopic (exact) mass is 474 g/mol. The molecule has 1 heterocycles. The number of rotatable bonds is 5. The molecule has 4 aliphatic rings. The first kappa shape index (κ1) is 22.1. The lowest BCUT2D eigenvalue weighted by atomic mass is 9.98. The van der Waals surface area contributed by atoms with Crippen LogP contribution in [0.1, 0.15) is 43.2 Å². The standard InChI is InChI=1S/C28H30N2O5/c1-16-13-30(14-23(16)25(31)32)26(33)28-11-17(28)10-18(12-28)29-27(34)35-15-24-21-8-4-2-6-19(21)20-7-3-5-9-22(20)24/h2-9,16-18,23-24H,10-15H2,1H3,(H,29,34)(H,31,32)/t16-,17-,18+,23-,28+/m1/s1. The molecule has 1 aliphatic heterocycles. The zero-order valence-electron chi connectivity index (χ0n) is 19.8. The number of carboxylic acid groups (broad SMARTS) is 1. The molecule has 0 unspecified atom stereocenters. The SMILES string of the molecule is C[C@@H]1CN(C(=O)[C@@]23C[C@@H](NC(=O)OCC4c5ccccc5-c5ccccc54)C[C@@H]2C3)C[C@H]1C(=O)O. The van der Waals surface area contributed by atoms with Crippen LogP contribution in [0.25, 0.3) is 11.1 Å². The highest BCUT2D eigenvalue weighted by Crippen LogP contribution is 2.64. The second-order valence-electron chi connectivity index (χ2n) is 10.8. The molecule has 2 amide bonds. The molecule has 5 atom stereocenters. The van der Waals surface area contributed by atoms with Crippen molar-refractivity contribution >= 4 is 18.0 Å². The highest BCUT2D eigenvalue weighted by atomic mass is 16.5. The van der Waals surface area contributed by atoms with Crippen molar-refractivity contribution in [2.75, 3.05) is 19.7 Å². The summed E-state index contributed by atoms with van der Waals surface area (Å²) in [6.45, 7) is 2.94. The molecule has 2 saturated carbocycles. The Morgan fingerprint density at radius 2 is 1.69 bits per heavy atom. The third-order valence-electron chi connectivity index (χ3n) is 8.72. The van der Waals surface area contributed by atoms with E-state index < -0.39 is 23.4 Å². The summed E-state index contributed by atoms with van der Waals surface area (Å²) in [6.07, 6.45) is 1.75. The lowest BCUT2D eigenvalue weighted by Gasteiger charge is -2.23. The van der Waals surface area contributed by atoms with Crippen molar-refractivity contribution < 1.29 is 24.2 Å². The van der Waals surface area contributed by atoms with E-state index in [1.165, 1.54) is 22.3 Å². The normalized spacial score (nSPS) is 30.4. The lowest BCUT2D eigenvalue weighted by molar-refractivity contribution is -0.142. The van der Waals surface area contributed by atoms with E-state index in [9.17, 15) is 19.5 Å². The Morgan fingerprint density at radius 3 is 2.31 bits per heavy atom. The molecular weight excluding hydrogens is 444 g/mol. The number of nitrogens with one attached hydrogen (secondary N) is 1. The van der Waals surface area contributed by atoms with Gasteiger partial charge in [0.2, 0.25) is 5.91 Å². The minimum absolute atomic E-state index is 0.0115. The van der Waals surface area contributed by atoms with Crippen molar-refractivity contribution in [3.8, 4) is 11.1 Å². The van der Waals surface area contributed by atoms with Gasteiger partial charge in [-0.1, -0.05) is 55.5 Å². The van der Waals surface area contributed by atoms with E-state index in [2.05, 4.69) is 29.6 Å². The van der Waals surface area contributed by atoms with Gasteiger partial charge in [0.25, 0.3) is 0 Å². The van der Waals surface area contributed by atoms with E-state index in [0.717, 1.165) is 12.8 Å². The molecule has 0 spiro atoms. The summed E-state index contributed by atoms with van der Waals surface area (Å²) in [6, 6.07) is 16.4. The van der Waals surface area contributed by atoms with Crippen LogP contribution < -0.4 is 5.32 Å². The van der Waals surface area contributed by atoms with Crippen molar-refractivity contribution in [2.45, 2.75) is 38.1 Å². The van der Waals surface area contributed by atoms with Gasteiger partial charge in [-0.05, 0) is 53.4 Å². The molecular formula is C28H30N2O5. The van der Waals surface area contributed by atoms with Crippen LogP contribution in [0, 0.1) is 23.2 Å². The van der Waals surface area contributed by atoms with E-state index >= 15 is 0 Å². The number of amides is 2. The number of likely N-dealkylation sites (tertiary alicyclic amines) is 1. The quantitative estimate of drug-likeness (QED) is 0.686. The summed E-state index contributed by atoms with van der Waals surface area (Å²) in [4.78, 5) is 39.2. The number of carboxylic acids is 1. The van der Waals surface area contributed by atoms with Crippen molar-refractivity contribution in [1.29, 1.82) is 0 Å².